The number of nitro groups is 1. The van der Waals surface area contributed by atoms with E-state index in [1.165, 1.54) is 6.07 Å². The molecule has 0 unspecified atom stereocenters. The number of hydrogen-bond donors (Lipinski definition) is 2. The largest absolute Gasteiger partial charge is 0.494 e. The van der Waals surface area contributed by atoms with Crippen LogP contribution >= 0.6 is 12.2 Å². The molecule has 2 N–H and O–H groups in total. The molecule has 0 aliphatic carbocycles. The number of nitrogens with zero attached hydrogens (tertiary/aromatic N) is 1. The van der Waals surface area contributed by atoms with Gasteiger partial charge in [0.2, 0.25) is 0 Å². The number of benzene rings is 2. The number of carbonyl (C=O) groups excluding carboxylic acids is 1. The van der Waals surface area contributed by atoms with Gasteiger partial charge in [-0.1, -0.05) is 19.4 Å². The quantitative estimate of drug-likeness (QED) is 0.320. The van der Waals surface area contributed by atoms with Crippen molar-refractivity contribution in [3.63, 3.8) is 0 Å². The van der Waals surface area contributed by atoms with Crippen LogP contribution in [0.4, 0.5) is 11.4 Å². The minimum Gasteiger partial charge on any atom is -0.494 e. The third-order valence-electron chi connectivity index (χ3n) is 3.71. The smallest absolute Gasteiger partial charge is 0.292 e. The van der Waals surface area contributed by atoms with Crippen LogP contribution in [0.2, 0.25) is 0 Å². The van der Waals surface area contributed by atoms with Gasteiger partial charge in [0, 0.05) is 11.6 Å². The van der Waals surface area contributed by atoms with Crippen molar-refractivity contribution in [1.82, 2.24) is 5.32 Å². The Bertz CT molecular complexity index is 837. The molecule has 0 aromatic heterocycles. The molecule has 0 bridgehead atoms. The van der Waals surface area contributed by atoms with Crippen LogP contribution in [0.5, 0.6) is 5.75 Å². The topological polar surface area (TPSA) is 93.5 Å². The van der Waals surface area contributed by atoms with Gasteiger partial charge < -0.3 is 10.1 Å². The van der Waals surface area contributed by atoms with E-state index < -0.39 is 10.8 Å². The summed E-state index contributed by atoms with van der Waals surface area (Å²) in [5.74, 6) is 0.276. The lowest BCUT2D eigenvalue weighted by atomic mass is 10.2. The molecule has 0 saturated carbocycles. The van der Waals surface area contributed by atoms with Crippen LogP contribution in [-0.2, 0) is 0 Å². The Kier molecular flexibility index (Phi) is 7.25. The maximum Gasteiger partial charge on any atom is 0.292 e. The number of amides is 1. The highest BCUT2D eigenvalue weighted by molar-refractivity contribution is 7.80. The van der Waals surface area contributed by atoms with Gasteiger partial charge >= 0.3 is 0 Å². The third kappa shape index (κ3) is 6.03. The molecule has 0 aliphatic rings. The van der Waals surface area contributed by atoms with E-state index in [9.17, 15) is 14.9 Å². The summed E-state index contributed by atoms with van der Waals surface area (Å²) in [7, 11) is 0. The lowest BCUT2D eigenvalue weighted by Gasteiger charge is -2.11. The zero-order valence-electron chi connectivity index (χ0n) is 15.2. The van der Waals surface area contributed by atoms with Crippen LogP contribution in [0.15, 0.2) is 42.5 Å². The van der Waals surface area contributed by atoms with E-state index in [-0.39, 0.29) is 16.5 Å². The Morgan fingerprint density at radius 1 is 1.22 bits per heavy atom. The maximum absolute atomic E-state index is 12.3. The summed E-state index contributed by atoms with van der Waals surface area (Å²) in [6.07, 6.45) is 2.01. The summed E-state index contributed by atoms with van der Waals surface area (Å²) in [6.45, 7) is 4.47. The summed E-state index contributed by atoms with van der Waals surface area (Å²) in [5, 5.41) is 16.3. The van der Waals surface area contributed by atoms with Gasteiger partial charge in [-0.15, -0.1) is 0 Å². The first-order valence-corrected chi connectivity index (χ1v) is 8.91. The van der Waals surface area contributed by atoms with Crippen LogP contribution in [0.25, 0.3) is 0 Å². The number of carbonyl (C=O) groups is 1. The number of nitrogens with one attached hydrogen (secondary N) is 2. The Balaban J connectivity index is 1.98. The summed E-state index contributed by atoms with van der Waals surface area (Å²) in [5.41, 5.74) is 1.26. The van der Waals surface area contributed by atoms with Crippen molar-refractivity contribution in [2.75, 3.05) is 11.9 Å². The maximum atomic E-state index is 12.3. The number of unbranched alkanes of at least 4 members (excludes halogenated alkanes) is 1. The first-order valence-electron chi connectivity index (χ1n) is 8.51. The molecule has 2 aromatic carbocycles. The zero-order chi connectivity index (χ0) is 19.8. The van der Waals surface area contributed by atoms with Gasteiger partial charge in [-0.05, 0) is 61.5 Å². The van der Waals surface area contributed by atoms with Crippen molar-refractivity contribution in [1.29, 1.82) is 0 Å². The molecule has 0 spiro atoms. The molecule has 142 valence electrons. The first kappa shape index (κ1) is 20.3. The van der Waals surface area contributed by atoms with Gasteiger partial charge in [0.1, 0.15) is 11.4 Å². The van der Waals surface area contributed by atoms with E-state index in [1.54, 1.807) is 43.3 Å². The molecule has 1 amide bonds. The SMILES string of the molecule is CCCCOc1ccc(C(=O)NC(=S)Nc2ccc(C)cc2[N+](=O)[O-])cc1. The van der Waals surface area contributed by atoms with Gasteiger partial charge in [-0.25, -0.2) is 0 Å². The number of thiocarbonyl (C=S) groups is 1. The Morgan fingerprint density at radius 2 is 1.93 bits per heavy atom. The van der Waals surface area contributed by atoms with Crippen LogP contribution in [0.3, 0.4) is 0 Å². The monoisotopic (exact) mass is 387 g/mol. The first-order chi connectivity index (χ1) is 12.9. The van der Waals surface area contributed by atoms with Crippen molar-refractivity contribution in [3.05, 3.63) is 63.7 Å². The lowest BCUT2D eigenvalue weighted by Crippen LogP contribution is -2.34. The average molecular weight is 387 g/mol. The van der Waals surface area contributed by atoms with Crippen LogP contribution in [0, 0.1) is 17.0 Å². The molecular weight excluding hydrogens is 366 g/mol. The molecule has 27 heavy (non-hydrogen) atoms. The predicted molar refractivity (Wildman–Crippen MR) is 108 cm³/mol. The Hall–Kier alpha value is -3.00. The lowest BCUT2D eigenvalue weighted by molar-refractivity contribution is -0.383. The number of hydrogen-bond acceptors (Lipinski definition) is 5. The number of nitro benzene ring substituents is 1. The number of anilines is 1. The van der Waals surface area contributed by atoms with Crippen molar-refractivity contribution >= 4 is 34.6 Å². The van der Waals surface area contributed by atoms with Gasteiger partial charge in [-0.2, -0.15) is 0 Å². The predicted octanol–water partition coefficient (Wildman–Crippen LogP) is 4.21. The number of aryl methyl sites for hydroxylation is 1. The molecule has 8 heteroatoms. The Labute approximate surface area is 162 Å². The molecule has 2 rings (SSSR count). The van der Waals surface area contributed by atoms with Gasteiger partial charge in [0.25, 0.3) is 11.6 Å². The van der Waals surface area contributed by atoms with E-state index in [0.717, 1.165) is 18.4 Å². The summed E-state index contributed by atoms with van der Waals surface area (Å²) in [4.78, 5) is 22.9. The molecule has 0 fully saturated rings. The fourth-order valence-corrected chi connectivity index (χ4v) is 2.47. The average Bonchev–Trinajstić information content (AvgIpc) is 2.63. The second-order valence-electron chi connectivity index (χ2n) is 5.91. The van der Waals surface area contributed by atoms with Crippen molar-refractivity contribution < 1.29 is 14.5 Å². The van der Waals surface area contributed by atoms with Gasteiger partial charge in [0.05, 0.1) is 11.5 Å². The Morgan fingerprint density at radius 3 is 2.56 bits per heavy atom. The van der Waals surface area contributed by atoms with Crippen molar-refractivity contribution in [2.24, 2.45) is 0 Å². The minimum absolute atomic E-state index is 0.0183. The van der Waals surface area contributed by atoms with Crippen LogP contribution in [-0.4, -0.2) is 22.5 Å². The molecule has 0 aliphatic heterocycles. The molecule has 0 radical (unpaired) electrons. The highest BCUT2D eigenvalue weighted by Gasteiger charge is 2.16. The molecule has 0 atom stereocenters. The third-order valence-corrected chi connectivity index (χ3v) is 3.91. The minimum atomic E-state index is -0.503. The van der Waals surface area contributed by atoms with E-state index in [0.29, 0.717) is 17.9 Å². The molecule has 2 aromatic rings. The second kappa shape index (κ2) is 9.63. The van der Waals surface area contributed by atoms with E-state index in [4.69, 9.17) is 17.0 Å². The molecule has 0 heterocycles. The van der Waals surface area contributed by atoms with Crippen molar-refractivity contribution in [2.45, 2.75) is 26.7 Å². The van der Waals surface area contributed by atoms with Gasteiger partial charge in [-0.3, -0.25) is 20.2 Å². The number of rotatable bonds is 7. The summed E-state index contributed by atoms with van der Waals surface area (Å²) >= 11 is 5.10. The molecule has 7 nitrogen and oxygen atoms in total. The zero-order valence-corrected chi connectivity index (χ0v) is 16.0. The van der Waals surface area contributed by atoms with Gasteiger partial charge in [0.15, 0.2) is 5.11 Å². The fourth-order valence-electron chi connectivity index (χ4n) is 2.26. The van der Waals surface area contributed by atoms with Crippen LogP contribution in [0.1, 0.15) is 35.7 Å². The summed E-state index contributed by atoms with van der Waals surface area (Å²) in [6, 6.07) is 11.4. The van der Waals surface area contributed by atoms with Crippen molar-refractivity contribution in [3.8, 4) is 5.75 Å². The van der Waals surface area contributed by atoms with E-state index >= 15 is 0 Å². The van der Waals surface area contributed by atoms with Crippen LogP contribution < -0.4 is 15.4 Å². The van der Waals surface area contributed by atoms with E-state index in [2.05, 4.69) is 17.6 Å². The summed E-state index contributed by atoms with van der Waals surface area (Å²) < 4.78 is 5.55. The number of ether oxygens (including phenoxy) is 1. The highest BCUT2D eigenvalue weighted by Crippen LogP contribution is 2.25. The second-order valence-corrected chi connectivity index (χ2v) is 6.32. The fraction of sp³-hybridized carbons (Fsp3) is 0.263. The standard InChI is InChI=1S/C19H21N3O4S/c1-3-4-11-26-15-8-6-14(7-9-15)18(23)21-19(27)20-16-10-5-13(2)12-17(16)22(24)25/h5-10,12H,3-4,11H2,1-2H3,(H2,20,21,23,27). The van der Waals surface area contributed by atoms with E-state index in [1.807, 2.05) is 0 Å². The molecule has 0 saturated heterocycles. The highest BCUT2D eigenvalue weighted by atomic mass is 32.1. The molecular formula is C19H21N3O4S. The normalized spacial score (nSPS) is 10.1.